The first-order valence-corrected chi connectivity index (χ1v) is 8.41. The number of amidine groups is 1. The fraction of sp³-hybridized carbons (Fsp3) is 0.176. The Morgan fingerprint density at radius 3 is 2.52 bits per heavy atom. The van der Waals surface area contributed by atoms with Gasteiger partial charge in [-0.25, -0.2) is 0 Å². The van der Waals surface area contributed by atoms with Crippen molar-refractivity contribution in [2.24, 2.45) is 10.9 Å². The smallest absolute Gasteiger partial charge is 0.170 e. The Morgan fingerprint density at radius 2 is 1.96 bits per heavy atom. The quantitative estimate of drug-likeness (QED) is 0.222. The van der Waals surface area contributed by atoms with Crippen LogP contribution in [0.4, 0.5) is 5.69 Å². The maximum Gasteiger partial charge on any atom is 0.170 e. The first kappa shape index (κ1) is 20.6. The Morgan fingerprint density at radius 1 is 1.30 bits per heavy atom. The number of nitrogens with zero attached hydrogens (tertiary/aromatic N) is 1. The Labute approximate surface area is 164 Å². The lowest BCUT2D eigenvalue weighted by Gasteiger charge is -2.24. The highest BCUT2D eigenvalue weighted by molar-refractivity contribution is 6.35. The first-order valence-electron chi connectivity index (χ1n) is 7.65. The van der Waals surface area contributed by atoms with Crippen molar-refractivity contribution in [3.63, 3.8) is 0 Å². The number of ether oxygens (including phenoxy) is 1. The van der Waals surface area contributed by atoms with Gasteiger partial charge in [-0.05, 0) is 36.4 Å². The average molecular weight is 413 g/mol. The summed E-state index contributed by atoms with van der Waals surface area (Å²) in [7, 11) is 0. The molecule has 0 aromatic heterocycles. The fourth-order valence-electron chi connectivity index (χ4n) is 2.32. The van der Waals surface area contributed by atoms with E-state index in [9.17, 15) is 9.90 Å². The van der Waals surface area contributed by atoms with E-state index in [0.29, 0.717) is 11.3 Å². The summed E-state index contributed by atoms with van der Waals surface area (Å²) in [6, 6.07) is 7.61. The summed E-state index contributed by atoms with van der Waals surface area (Å²) in [6.07, 6.45) is 0. The van der Waals surface area contributed by atoms with Crippen LogP contribution in [0.15, 0.2) is 41.6 Å². The summed E-state index contributed by atoms with van der Waals surface area (Å²) in [6.45, 7) is -0.361. The van der Waals surface area contributed by atoms with Crippen LogP contribution in [0.3, 0.4) is 0 Å². The number of aliphatic hydroxyl groups excluding tert-OH is 1. The number of nitrogens with one attached hydrogen (secondary N) is 1. The van der Waals surface area contributed by atoms with Crippen molar-refractivity contribution in [1.29, 1.82) is 0 Å². The molecule has 0 bridgehead atoms. The number of hydrogen-bond donors (Lipinski definition) is 4. The molecule has 0 fully saturated rings. The molecule has 0 heterocycles. The molecule has 5 N–H and O–H groups in total. The van der Waals surface area contributed by atoms with Crippen LogP contribution in [0.2, 0.25) is 10.0 Å². The van der Waals surface area contributed by atoms with Gasteiger partial charge in [-0.2, -0.15) is 0 Å². The molecule has 27 heavy (non-hydrogen) atoms. The highest BCUT2D eigenvalue weighted by atomic mass is 35.5. The number of carboxylic acids is 1. The first-order chi connectivity index (χ1) is 12.9. The monoisotopic (exact) mass is 412 g/mol. The van der Waals surface area contributed by atoms with Crippen LogP contribution < -0.4 is 20.9 Å². The normalized spacial score (nSPS) is 12.5. The summed E-state index contributed by atoms with van der Waals surface area (Å²) >= 11 is 12.1. The number of oxime groups is 1. The molecule has 8 nitrogen and oxygen atoms in total. The van der Waals surface area contributed by atoms with Gasteiger partial charge in [-0.15, -0.1) is 0 Å². The van der Waals surface area contributed by atoms with E-state index in [2.05, 4.69) is 10.5 Å². The molecule has 0 aliphatic rings. The van der Waals surface area contributed by atoms with Gasteiger partial charge in [0.2, 0.25) is 0 Å². The maximum atomic E-state index is 11.7. The topological polar surface area (TPSA) is 140 Å². The van der Waals surface area contributed by atoms with Crippen molar-refractivity contribution in [1.82, 2.24) is 0 Å². The van der Waals surface area contributed by atoms with Crippen molar-refractivity contribution in [2.75, 3.05) is 18.5 Å². The summed E-state index contributed by atoms with van der Waals surface area (Å²) in [4.78, 5) is 11.7. The predicted octanol–water partition coefficient (Wildman–Crippen LogP) is 1.36. The third kappa shape index (κ3) is 5.16. The second kappa shape index (κ2) is 9.31. The Balaban J connectivity index is 2.39. The average Bonchev–Trinajstić information content (AvgIpc) is 2.64. The highest BCUT2D eigenvalue weighted by Gasteiger charge is 2.21. The van der Waals surface area contributed by atoms with Crippen LogP contribution in [-0.2, 0) is 4.79 Å². The molecule has 10 heteroatoms. The second-order valence-corrected chi connectivity index (χ2v) is 6.18. The molecule has 0 aliphatic heterocycles. The van der Waals surface area contributed by atoms with Gasteiger partial charge < -0.3 is 36.0 Å². The zero-order chi connectivity index (χ0) is 20.0. The van der Waals surface area contributed by atoms with E-state index in [1.807, 2.05) is 0 Å². The van der Waals surface area contributed by atoms with E-state index in [0.717, 1.165) is 0 Å². The van der Waals surface area contributed by atoms with Gasteiger partial charge in [0.15, 0.2) is 5.84 Å². The van der Waals surface area contributed by atoms with Crippen molar-refractivity contribution < 1.29 is 25.0 Å². The lowest BCUT2D eigenvalue weighted by atomic mass is 10.0. The molecule has 144 valence electrons. The Hall–Kier alpha value is -2.68. The van der Waals surface area contributed by atoms with E-state index in [1.54, 1.807) is 12.1 Å². The summed E-state index contributed by atoms with van der Waals surface area (Å²) in [5, 5.41) is 35.4. The van der Waals surface area contributed by atoms with Crippen molar-refractivity contribution in [2.45, 2.75) is 6.04 Å². The number of aliphatic hydroxyl groups is 1. The minimum Gasteiger partial charge on any atom is -0.548 e. The van der Waals surface area contributed by atoms with Crippen LogP contribution in [0.1, 0.15) is 17.2 Å². The molecule has 2 rings (SSSR count). The molecule has 1 atom stereocenters. The molecule has 0 amide bonds. The third-order valence-electron chi connectivity index (χ3n) is 3.52. The third-order valence-corrected chi connectivity index (χ3v) is 4.02. The van der Waals surface area contributed by atoms with Gasteiger partial charge >= 0.3 is 0 Å². The van der Waals surface area contributed by atoms with Crippen LogP contribution in [-0.4, -0.2) is 35.3 Å². The molecular formula is C17H16Cl2N3O5-. The van der Waals surface area contributed by atoms with E-state index in [1.165, 1.54) is 24.3 Å². The largest absolute Gasteiger partial charge is 0.548 e. The molecule has 2 aromatic carbocycles. The van der Waals surface area contributed by atoms with Crippen LogP contribution in [0, 0.1) is 0 Å². The zero-order valence-corrected chi connectivity index (χ0v) is 15.4. The molecule has 0 saturated carbocycles. The lowest BCUT2D eigenvalue weighted by molar-refractivity contribution is -0.307. The highest BCUT2D eigenvalue weighted by Crippen LogP contribution is 2.37. The minimum atomic E-state index is -1.44. The summed E-state index contributed by atoms with van der Waals surface area (Å²) in [5.41, 5.74) is 6.50. The Bertz CT molecular complexity index is 843. The van der Waals surface area contributed by atoms with Gasteiger partial charge in [0.1, 0.15) is 12.4 Å². The van der Waals surface area contributed by atoms with E-state index in [4.69, 9.17) is 44.0 Å². The zero-order valence-electron chi connectivity index (χ0n) is 13.9. The van der Waals surface area contributed by atoms with Gasteiger partial charge in [0, 0.05) is 21.8 Å². The van der Waals surface area contributed by atoms with Crippen molar-refractivity contribution in [3.8, 4) is 5.75 Å². The standard InChI is InChI=1S/C17H17Cl2N3O5/c18-10-7-12(15(13(19)8-10)27-6-5-23)14(17(24)25)21-11-3-1-9(2-4-11)16(20)22-26/h1-4,7-8,14,21,23,26H,5-6H2,(H2,20,22)(H,24,25)/p-1. The SMILES string of the molecule is N/C(=N/O)c1ccc(NC(C(=O)[O-])c2cc(Cl)cc(Cl)c2OCCO)cc1. The van der Waals surface area contributed by atoms with Crippen molar-refractivity contribution >= 4 is 40.7 Å². The second-order valence-electron chi connectivity index (χ2n) is 5.34. The molecule has 0 aliphatic carbocycles. The summed E-state index contributed by atoms with van der Waals surface area (Å²) < 4.78 is 5.37. The number of hydrogen-bond acceptors (Lipinski definition) is 7. The van der Waals surface area contributed by atoms with E-state index >= 15 is 0 Å². The van der Waals surface area contributed by atoms with Crippen LogP contribution in [0.5, 0.6) is 5.75 Å². The van der Waals surface area contributed by atoms with E-state index < -0.39 is 12.0 Å². The van der Waals surface area contributed by atoms with Crippen molar-refractivity contribution in [3.05, 3.63) is 57.6 Å². The fourth-order valence-corrected chi connectivity index (χ4v) is 2.88. The van der Waals surface area contributed by atoms with Gasteiger partial charge in [-0.3, -0.25) is 0 Å². The van der Waals surface area contributed by atoms with Gasteiger partial charge in [-0.1, -0.05) is 28.4 Å². The number of carbonyl (C=O) groups excluding carboxylic acids is 1. The molecular weight excluding hydrogens is 397 g/mol. The molecule has 1 unspecified atom stereocenters. The summed E-state index contributed by atoms with van der Waals surface area (Å²) in [5.74, 6) is -1.45. The lowest BCUT2D eigenvalue weighted by Crippen LogP contribution is -2.34. The number of carbonyl (C=O) groups is 1. The van der Waals surface area contributed by atoms with Crippen LogP contribution >= 0.6 is 23.2 Å². The predicted molar refractivity (Wildman–Crippen MR) is 99.4 cm³/mol. The molecule has 0 saturated heterocycles. The maximum absolute atomic E-state index is 11.7. The number of benzene rings is 2. The Kier molecular flexibility index (Phi) is 7.12. The number of nitrogens with two attached hydrogens (primary N) is 1. The minimum absolute atomic E-state index is 0.0742. The van der Waals surface area contributed by atoms with E-state index in [-0.39, 0.29) is 40.4 Å². The number of halogens is 2. The number of aliphatic carboxylic acids is 1. The van der Waals surface area contributed by atoms with Crippen LogP contribution in [0.25, 0.3) is 0 Å². The number of carboxylic acid groups (broad SMARTS) is 1. The number of rotatable bonds is 8. The number of anilines is 1. The van der Waals surface area contributed by atoms with Gasteiger partial charge in [0.05, 0.1) is 23.6 Å². The molecule has 0 radical (unpaired) electrons. The molecule has 0 spiro atoms. The van der Waals surface area contributed by atoms with Gasteiger partial charge in [0.25, 0.3) is 0 Å². The molecule has 2 aromatic rings.